The Hall–Kier alpha value is -2.15. The second-order valence-corrected chi connectivity index (χ2v) is 6.44. The highest BCUT2D eigenvalue weighted by Gasteiger charge is 2.29. The van der Waals surface area contributed by atoms with Crippen molar-refractivity contribution >= 4 is 5.91 Å². The van der Waals surface area contributed by atoms with Crippen molar-refractivity contribution in [2.45, 2.75) is 65.8 Å². The van der Waals surface area contributed by atoms with Crippen LogP contribution in [0.1, 0.15) is 66.3 Å². The van der Waals surface area contributed by atoms with Gasteiger partial charge >= 0.3 is 0 Å². The van der Waals surface area contributed by atoms with Gasteiger partial charge in [-0.1, -0.05) is 6.92 Å². The molecule has 24 heavy (non-hydrogen) atoms. The van der Waals surface area contributed by atoms with Crippen LogP contribution in [0.3, 0.4) is 0 Å². The predicted molar refractivity (Wildman–Crippen MR) is 89.7 cm³/mol. The Morgan fingerprint density at radius 2 is 2.29 bits per heavy atom. The first-order chi connectivity index (χ1) is 11.5. The zero-order valence-electron chi connectivity index (χ0n) is 14.7. The van der Waals surface area contributed by atoms with Crippen LogP contribution in [-0.2, 0) is 24.2 Å². The highest BCUT2D eigenvalue weighted by atomic mass is 16.5. The molecule has 2 N–H and O–H groups in total. The van der Waals surface area contributed by atoms with E-state index < -0.39 is 0 Å². The molecule has 0 saturated heterocycles. The maximum Gasteiger partial charge on any atom is 0.272 e. The number of aryl methyl sites for hydroxylation is 2. The Morgan fingerprint density at radius 1 is 1.50 bits per heavy atom. The minimum absolute atomic E-state index is 0.0627. The molecule has 2 aromatic heterocycles. The van der Waals surface area contributed by atoms with Gasteiger partial charge in [0.25, 0.3) is 5.91 Å². The first-order valence-electron chi connectivity index (χ1n) is 8.53. The molecule has 1 amide bonds. The molecule has 2 atom stereocenters. The number of fused-ring (bicyclic) bond motifs is 1. The first-order valence-corrected chi connectivity index (χ1v) is 8.53. The third-order valence-corrected chi connectivity index (χ3v) is 4.39. The fourth-order valence-electron chi connectivity index (χ4n) is 3.20. The molecule has 0 spiro atoms. The average molecular weight is 331 g/mol. The third kappa shape index (κ3) is 3.21. The van der Waals surface area contributed by atoms with Gasteiger partial charge in [0.05, 0.1) is 23.6 Å². The van der Waals surface area contributed by atoms with E-state index in [1.54, 1.807) is 0 Å². The summed E-state index contributed by atoms with van der Waals surface area (Å²) >= 11 is 0. The van der Waals surface area contributed by atoms with Crippen molar-refractivity contribution in [3.63, 3.8) is 0 Å². The second-order valence-electron chi connectivity index (χ2n) is 6.44. The number of hydrogen-bond donors (Lipinski definition) is 2. The Bertz CT molecular complexity index is 733. The van der Waals surface area contributed by atoms with Gasteiger partial charge in [-0.2, -0.15) is 10.2 Å². The molecule has 3 heterocycles. The van der Waals surface area contributed by atoms with E-state index in [2.05, 4.69) is 27.5 Å². The molecular weight excluding hydrogens is 306 g/mol. The lowest BCUT2D eigenvalue weighted by molar-refractivity contribution is -0.00697. The minimum atomic E-state index is -0.156. The molecule has 130 valence electrons. The number of hydrogen-bond acceptors (Lipinski definition) is 4. The van der Waals surface area contributed by atoms with Gasteiger partial charge in [0, 0.05) is 36.8 Å². The Balaban J connectivity index is 1.70. The predicted octanol–water partition coefficient (Wildman–Crippen LogP) is 2.28. The van der Waals surface area contributed by atoms with Crippen molar-refractivity contribution in [1.29, 1.82) is 0 Å². The van der Waals surface area contributed by atoms with E-state index in [9.17, 15) is 4.79 Å². The number of ether oxygens (including phenoxy) is 1. The summed E-state index contributed by atoms with van der Waals surface area (Å²) in [6, 6.07) is 0. The summed E-state index contributed by atoms with van der Waals surface area (Å²) in [4.78, 5) is 12.5. The lowest BCUT2D eigenvalue weighted by Crippen LogP contribution is -2.27. The summed E-state index contributed by atoms with van der Waals surface area (Å²) in [7, 11) is 0. The molecule has 1 aliphatic heterocycles. The first kappa shape index (κ1) is 16.7. The van der Waals surface area contributed by atoms with Crippen molar-refractivity contribution < 1.29 is 9.53 Å². The molecule has 0 radical (unpaired) electrons. The molecule has 0 saturated carbocycles. The molecular formula is C17H25N5O2. The number of nitrogens with zero attached hydrogens (tertiary/aromatic N) is 3. The molecule has 0 aliphatic carbocycles. The van der Waals surface area contributed by atoms with Crippen LogP contribution >= 0.6 is 0 Å². The number of carbonyl (C=O) groups is 1. The molecule has 0 aromatic carbocycles. The van der Waals surface area contributed by atoms with Gasteiger partial charge in [-0.3, -0.25) is 14.6 Å². The van der Waals surface area contributed by atoms with Crippen LogP contribution in [0.4, 0.5) is 0 Å². The third-order valence-electron chi connectivity index (χ3n) is 4.39. The van der Waals surface area contributed by atoms with Crippen LogP contribution in [0.15, 0.2) is 6.20 Å². The van der Waals surface area contributed by atoms with Gasteiger partial charge in [0.1, 0.15) is 0 Å². The fourth-order valence-corrected chi connectivity index (χ4v) is 3.20. The maximum atomic E-state index is 12.5. The SMILES string of the molecule is CCCn1cc(CNC(=O)c2n[nH]c3c2C[C@H](C)O[C@@H]3C)c(C)n1. The molecule has 7 heteroatoms. The topological polar surface area (TPSA) is 84.8 Å². The van der Waals surface area contributed by atoms with Crippen LogP contribution in [0.2, 0.25) is 0 Å². The second kappa shape index (κ2) is 6.76. The van der Waals surface area contributed by atoms with Gasteiger partial charge in [-0.15, -0.1) is 0 Å². The van der Waals surface area contributed by atoms with Gasteiger partial charge in [0.15, 0.2) is 5.69 Å². The van der Waals surface area contributed by atoms with E-state index >= 15 is 0 Å². The molecule has 0 unspecified atom stereocenters. The van der Waals surface area contributed by atoms with Crippen molar-refractivity contribution in [2.75, 3.05) is 0 Å². The van der Waals surface area contributed by atoms with E-state index in [1.165, 1.54) is 0 Å². The number of amides is 1. The molecule has 0 fully saturated rings. The van der Waals surface area contributed by atoms with Gasteiger partial charge in [0.2, 0.25) is 0 Å². The molecule has 1 aliphatic rings. The summed E-state index contributed by atoms with van der Waals surface area (Å²) in [5.41, 5.74) is 4.34. The monoisotopic (exact) mass is 331 g/mol. The smallest absolute Gasteiger partial charge is 0.272 e. The normalized spacial score (nSPS) is 20.0. The van der Waals surface area contributed by atoms with Gasteiger partial charge in [-0.25, -0.2) is 0 Å². The summed E-state index contributed by atoms with van der Waals surface area (Å²) in [6.45, 7) is 9.41. The zero-order valence-corrected chi connectivity index (χ0v) is 14.7. The van der Waals surface area contributed by atoms with E-state index in [-0.39, 0.29) is 18.1 Å². The quantitative estimate of drug-likeness (QED) is 0.880. The average Bonchev–Trinajstić information content (AvgIpc) is 3.09. The number of aromatic amines is 1. The standard InChI is InChI=1S/C17H25N5O2/c1-5-6-22-9-13(11(3)21-22)8-18-17(23)16-14-7-10(2)24-12(4)15(14)19-20-16/h9-10,12H,5-8H2,1-4H3,(H,18,23)(H,19,20)/t10-,12+/m0/s1. The van der Waals surface area contributed by atoms with E-state index in [0.717, 1.165) is 35.5 Å². The van der Waals surface area contributed by atoms with Crippen molar-refractivity contribution in [2.24, 2.45) is 0 Å². The number of aromatic nitrogens is 4. The summed E-state index contributed by atoms with van der Waals surface area (Å²) in [5, 5.41) is 14.6. The summed E-state index contributed by atoms with van der Waals surface area (Å²) in [5.74, 6) is -0.156. The molecule has 2 aromatic rings. The highest BCUT2D eigenvalue weighted by Crippen LogP contribution is 2.30. The number of nitrogens with one attached hydrogen (secondary N) is 2. The summed E-state index contributed by atoms with van der Waals surface area (Å²) in [6.07, 6.45) is 3.76. The van der Waals surface area contributed by atoms with Crippen LogP contribution in [0, 0.1) is 6.92 Å². The Labute approximate surface area is 141 Å². The number of H-pyrrole nitrogens is 1. The largest absolute Gasteiger partial charge is 0.369 e. The van der Waals surface area contributed by atoms with Crippen molar-refractivity contribution in [3.05, 3.63) is 34.4 Å². The van der Waals surface area contributed by atoms with Crippen LogP contribution < -0.4 is 5.32 Å². The Morgan fingerprint density at radius 3 is 3.04 bits per heavy atom. The van der Waals surface area contributed by atoms with E-state index in [1.807, 2.05) is 31.6 Å². The van der Waals surface area contributed by atoms with Crippen molar-refractivity contribution in [1.82, 2.24) is 25.3 Å². The van der Waals surface area contributed by atoms with Gasteiger partial charge < -0.3 is 10.1 Å². The lowest BCUT2D eigenvalue weighted by atomic mass is 9.99. The van der Waals surface area contributed by atoms with Crippen molar-refractivity contribution in [3.8, 4) is 0 Å². The van der Waals surface area contributed by atoms with Crippen LogP contribution in [0.5, 0.6) is 0 Å². The van der Waals surface area contributed by atoms with E-state index in [4.69, 9.17) is 4.74 Å². The highest BCUT2D eigenvalue weighted by molar-refractivity contribution is 5.94. The molecule has 7 nitrogen and oxygen atoms in total. The maximum absolute atomic E-state index is 12.5. The number of carbonyl (C=O) groups excluding carboxylic acids is 1. The summed E-state index contributed by atoms with van der Waals surface area (Å²) < 4.78 is 7.69. The van der Waals surface area contributed by atoms with E-state index in [0.29, 0.717) is 18.7 Å². The fraction of sp³-hybridized carbons (Fsp3) is 0.588. The Kier molecular flexibility index (Phi) is 4.71. The van der Waals surface area contributed by atoms with Gasteiger partial charge in [-0.05, 0) is 27.2 Å². The molecule has 0 bridgehead atoms. The number of rotatable bonds is 5. The minimum Gasteiger partial charge on any atom is -0.369 e. The zero-order chi connectivity index (χ0) is 17.3. The van der Waals surface area contributed by atoms with Crippen LogP contribution in [-0.4, -0.2) is 32.0 Å². The lowest BCUT2D eigenvalue weighted by Gasteiger charge is -2.25. The molecule has 3 rings (SSSR count). The van der Waals surface area contributed by atoms with Crippen LogP contribution in [0.25, 0.3) is 0 Å².